The summed E-state index contributed by atoms with van der Waals surface area (Å²) >= 11 is 1.39. The molecule has 0 atom stereocenters. The number of rotatable bonds is 4. The van der Waals surface area contributed by atoms with Crippen LogP contribution in [-0.2, 0) is 9.53 Å². The summed E-state index contributed by atoms with van der Waals surface area (Å²) in [6.07, 6.45) is 0. The molecule has 18 heavy (non-hydrogen) atoms. The van der Waals surface area contributed by atoms with Crippen molar-refractivity contribution >= 4 is 28.5 Å². The fourth-order valence-corrected chi connectivity index (χ4v) is 2.44. The molecule has 0 bridgehead atoms. The zero-order chi connectivity index (χ0) is 13.0. The lowest BCUT2D eigenvalue weighted by Gasteiger charge is -2.14. The molecule has 4 nitrogen and oxygen atoms in total. The molecule has 1 saturated heterocycles. The minimum Gasteiger partial charge on any atom is -0.383 e. The quantitative estimate of drug-likeness (QED) is 0.839. The Bertz CT molecular complexity index is 462. The molecule has 0 spiro atoms. The maximum absolute atomic E-state index is 12.8. The third-order valence-electron chi connectivity index (χ3n) is 2.43. The highest BCUT2D eigenvalue weighted by Gasteiger charge is 2.27. The van der Waals surface area contributed by atoms with Gasteiger partial charge in [-0.25, -0.2) is 9.38 Å². The van der Waals surface area contributed by atoms with Crippen LogP contribution in [0.1, 0.15) is 0 Å². The van der Waals surface area contributed by atoms with Crippen LogP contribution in [0.2, 0.25) is 0 Å². The number of benzene rings is 1. The predicted octanol–water partition coefficient (Wildman–Crippen LogP) is 2.03. The van der Waals surface area contributed by atoms with Gasteiger partial charge in [0.05, 0.1) is 24.6 Å². The van der Waals surface area contributed by atoms with Crippen molar-refractivity contribution in [3.8, 4) is 0 Å². The van der Waals surface area contributed by atoms with Gasteiger partial charge in [0.25, 0.3) is 0 Å². The number of thioether (sulfide) groups is 1. The predicted molar refractivity (Wildman–Crippen MR) is 69.5 cm³/mol. The molecule has 1 aliphatic rings. The Morgan fingerprint density at radius 2 is 2.17 bits per heavy atom. The van der Waals surface area contributed by atoms with Crippen molar-refractivity contribution in [1.29, 1.82) is 0 Å². The van der Waals surface area contributed by atoms with Crippen LogP contribution in [0.25, 0.3) is 0 Å². The molecule has 0 N–H and O–H groups in total. The van der Waals surface area contributed by atoms with Crippen LogP contribution in [0.5, 0.6) is 0 Å². The van der Waals surface area contributed by atoms with E-state index in [1.54, 1.807) is 24.1 Å². The number of carbonyl (C=O) groups is 1. The average Bonchev–Trinajstić information content (AvgIpc) is 2.71. The molecular formula is C12H13FN2O2S. The first-order chi connectivity index (χ1) is 8.70. The van der Waals surface area contributed by atoms with Gasteiger partial charge in [-0.2, -0.15) is 0 Å². The second-order valence-corrected chi connectivity index (χ2v) is 4.64. The summed E-state index contributed by atoms with van der Waals surface area (Å²) in [7, 11) is 1.59. The van der Waals surface area contributed by atoms with Gasteiger partial charge in [-0.15, -0.1) is 0 Å². The van der Waals surface area contributed by atoms with E-state index in [-0.39, 0.29) is 11.7 Å². The van der Waals surface area contributed by atoms with Gasteiger partial charge in [0, 0.05) is 7.11 Å². The molecule has 1 aromatic rings. The summed E-state index contributed by atoms with van der Waals surface area (Å²) in [6.45, 7) is 0.955. The van der Waals surface area contributed by atoms with Crippen LogP contribution in [0.4, 0.5) is 10.1 Å². The molecule has 2 rings (SSSR count). The van der Waals surface area contributed by atoms with E-state index < -0.39 is 0 Å². The van der Waals surface area contributed by atoms with E-state index >= 15 is 0 Å². The molecule has 1 fully saturated rings. The lowest BCUT2D eigenvalue weighted by molar-refractivity contribution is -0.124. The van der Waals surface area contributed by atoms with E-state index in [2.05, 4.69) is 4.99 Å². The van der Waals surface area contributed by atoms with Crippen molar-refractivity contribution in [2.24, 2.45) is 4.99 Å². The molecule has 96 valence electrons. The highest BCUT2D eigenvalue weighted by atomic mass is 32.2. The first kappa shape index (κ1) is 13.0. The number of hydrogen-bond acceptors (Lipinski definition) is 4. The normalized spacial score (nSPS) is 17.8. The van der Waals surface area contributed by atoms with Gasteiger partial charge in [0.15, 0.2) is 5.17 Å². The molecule has 1 heterocycles. The minimum atomic E-state index is -0.301. The highest BCUT2D eigenvalue weighted by molar-refractivity contribution is 8.15. The standard InChI is InChI=1S/C12H13FN2O2S/c1-17-7-6-15-11(16)8-18-12(15)14-10-4-2-9(13)3-5-10/h2-5H,6-8H2,1H3. The molecule has 1 aromatic carbocycles. The monoisotopic (exact) mass is 268 g/mol. The maximum atomic E-state index is 12.8. The van der Waals surface area contributed by atoms with Crippen molar-refractivity contribution in [3.63, 3.8) is 0 Å². The molecule has 1 amide bonds. The van der Waals surface area contributed by atoms with Gasteiger partial charge >= 0.3 is 0 Å². The largest absolute Gasteiger partial charge is 0.383 e. The number of methoxy groups -OCH3 is 1. The van der Waals surface area contributed by atoms with Crippen molar-refractivity contribution in [1.82, 2.24) is 4.90 Å². The molecule has 0 unspecified atom stereocenters. The maximum Gasteiger partial charge on any atom is 0.239 e. The van der Waals surface area contributed by atoms with Crippen molar-refractivity contribution in [3.05, 3.63) is 30.1 Å². The van der Waals surface area contributed by atoms with Crippen LogP contribution in [0, 0.1) is 5.82 Å². The Morgan fingerprint density at radius 1 is 1.44 bits per heavy atom. The molecule has 0 aliphatic carbocycles. The van der Waals surface area contributed by atoms with Crippen LogP contribution in [0.3, 0.4) is 0 Å². The van der Waals surface area contributed by atoms with Crippen molar-refractivity contribution in [2.45, 2.75) is 0 Å². The minimum absolute atomic E-state index is 0.0258. The molecule has 0 radical (unpaired) electrons. The van der Waals surface area contributed by atoms with Crippen LogP contribution in [0.15, 0.2) is 29.3 Å². The second kappa shape index (κ2) is 5.97. The smallest absolute Gasteiger partial charge is 0.239 e. The molecular weight excluding hydrogens is 255 g/mol. The fraction of sp³-hybridized carbons (Fsp3) is 0.333. The van der Waals surface area contributed by atoms with E-state index in [1.807, 2.05) is 0 Å². The molecule has 0 aromatic heterocycles. The summed E-state index contributed by atoms with van der Waals surface area (Å²) in [5.41, 5.74) is 0.635. The first-order valence-electron chi connectivity index (χ1n) is 5.47. The highest BCUT2D eigenvalue weighted by Crippen LogP contribution is 2.23. The third kappa shape index (κ3) is 3.08. The van der Waals surface area contributed by atoms with Gasteiger partial charge < -0.3 is 4.74 Å². The van der Waals surface area contributed by atoms with Crippen LogP contribution >= 0.6 is 11.8 Å². The Kier molecular flexibility index (Phi) is 4.33. The van der Waals surface area contributed by atoms with Gasteiger partial charge in [-0.05, 0) is 24.3 Å². The topological polar surface area (TPSA) is 41.9 Å². The van der Waals surface area contributed by atoms with Gasteiger partial charge in [0.1, 0.15) is 5.82 Å². The summed E-state index contributed by atoms with van der Waals surface area (Å²) in [4.78, 5) is 17.6. The Morgan fingerprint density at radius 3 is 2.83 bits per heavy atom. The van der Waals surface area contributed by atoms with Crippen LogP contribution in [-0.4, -0.2) is 42.0 Å². The lowest BCUT2D eigenvalue weighted by Crippen LogP contribution is -2.32. The number of hydrogen-bond donors (Lipinski definition) is 0. The lowest BCUT2D eigenvalue weighted by atomic mass is 10.3. The first-order valence-corrected chi connectivity index (χ1v) is 6.45. The number of carbonyl (C=O) groups excluding carboxylic acids is 1. The Hall–Kier alpha value is -1.40. The summed E-state index contributed by atoms with van der Waals surface area (Å²) in [5, 5.41) is 0.642. The SMILES string of the molecule is COCCN1C(=O)CSC1=Nc1ccc(F)cc1. The molecule has 1 aliphatic heterocycles. The third-order valence-corrected chi connectivity index (χ3v) is 3.39. The number of ether oxygens (including phenoxy) is 1. The number of nitrogens with zero attached hydrogens (tertiary/aromatic N) is 2. The fourth-order valence-electron chi connectivity index (χ4n) is 1.51. The van der Waals surface area contributed by atoms with Gasteiger partial charge in [-0.1, -0.05) is 11.8 Å². The van der Waals surface area contributed by atoms with E-state index in [0.29, 0.717) is 29.8 Å². The number of halogens is 1. The van der Waals surface area contributed by atoms with Crippen LogP contribution < -0.4 is 0 Å². The zero-order valence-corrected chi connectivity index (χ0v) is 10.7. The Labute approximate surface area is 109 Å². The summed E-state index contributed by atoms with van der Waals surface area (Å²) < 4.78 is 17.7. The molecule has 6 heteroatoms. The number of aliphatic imine (C=N–C) groups is 1. The van der Waals surface area contributed by atoms with E-state index in [4.69, 9.17) is 4.74 Å². The van der Waals surface area contributed by atoms with E-state index in [1.165, 1.54) is 23.9 Å². The van der Waals surface area contributed by atoms with Crippen molar-refractivity contribution in [2.75, 3.05) is 26.0 Å². The summed E-state index contributed by atoms with van der Waals surface area (Å²) in [6, 6.07) is 5.86. The number of amidine groups is 1. The van der Waals surface area contributed by atoms with Gasteiger partial charge in [-0.3, -0.25) is 9.69 Å². The summed E-state index contributed by atoms with van der Waals surface area (Å²) in [5.74, 6) is 0.118. The zero-order valence-electron chi connectivity index (χ0n) is 9.93. The van der Waals surface area contributed by atoms with Crippen molar-refractivity contribution < 1.29 is 13.9 Å². The second-order valence-electron chi connectivity index (χ2n) is 3.70. The van der Waals surface area contributed by atoms with Gasteiger partial charge in [0.2, 0.25) is 5.91 Å². The van der Waals surface area contributed by atoms with E-state index in [9.17, 15) is 9.18 Å². The molecule has 0 saturated carbocycles. The average molecular weight is 268 g/mol. The number of amides is 1. The van der Waals surface area contributed by atoms with E-state index in [0.717, 1.165) is 0 Å². The Balaban J connectivity index is 2.15.